The normalized spacial score (nSPS) is 52.7. The minimum atomic E-state index is -1.85. The molecule has 0 aromatic carbocycles. The maximum atomic E-state index is 10.2. The van der Waals surface area contributed by atoms with Gasteiger partial charge in [-0.2, -0.15) is 0 Å². The van der Waals surface area contributed by atoms with E-state index in [0.29, 0.717) is 0 Å². The van der Waals surface area contributed by atoms with Crippen LogP contribution in [0.3, 0.4) is 0 Å². The first-order valence-electron chi connectivity index (χ1n) is 9.99. The second kappa shape index (κ2) is 10.8. The molecule has 3 rings (SSSR count). The molecular weight excluding hydrogens is 444 g/mol. The average molecular weight is 474 g/mol. The molecule has 3 heterocycles. The van der Waals surface area contributed by atoms with Gasteiger partial charge in [0.15, 0.2) is 18.9 Å². The van der Waals surface area contributed by atoms with E-state index in [1.807, 2.05) is 0 Å². The van der Waals surface area contributed by atoms with Crippen molar-refractivity contribution >= 4 is 0 Å². The molecule has 3 saturated heterocycles. The maximum absolute atomic E-state index is 10.2. The molecule has 32 heavy (non-hydrogen) atoms. The fraction of sp³-hybridized carbons (Fsp3) is 1.00. The third-order valence-electron chi connectivity index (χ3n) is 5.68. The van der Waals surface area contributed by atoms with Gasteiger partial charge in [0.1, 0.15) is 67.1 Å². The fourth-order valence-corrected chi connectivity index (χ4v) is 3.66. The molecule has 0 aromatic rings. The molecular formula is C17H30O15. The predicted octanol–water partition coefficient (Wildman–Crippen LogP) is -6.93. The maximum Gasteiger partial charge on any atom is 0.187 e. The highest BCUT2D eigenvalue weighted by atomic mass is 16.7. The van der Waals surface area contributed by atoms with Crippen LogP contribution in [0.5, 0.6) is 0 Å². The molecule has 10 N–H and O–H groups in total. The lowest BCUT2D eigenvalue weighted by molar-refractivity contribution is -0.366. The van der Waals surface area contributed by atoms with E-state index in [1.54, 1.807) is 0 Å². The van der Waals surface area contributed by atoms with Crippen LogP contribution in [-0.4, -0.2) is 157 Å². The number of aliphatic hydroxyl groups is 10. The lowest BCUT2D eigenvalue weighted by Crippen LogP contribution is -2.64. The largest absolute Gasteiger partial charge is 0.394 e. The molecule has 0 spiro atoms. The van der Waals surface area contributed by atoms with Crippen LogP contribution in [-0.2, 0) is 23.7 Å². The minimum Gasteiger partial charge on any atom is -0.394 e. The van der Waals surface area contributed by atoms with Crippen LogP contribution in [0.15, 0.2) is 0 Å². The SMILES string of the molecule is OCC1OC(O)C(OC2OC(COC3OCC(O)C(O)C3O)C(O)C(O)C2O)C(O)C1O. The van der Waals surface area contributed by atoms with Crippen LogP contribution in [0.2, 0.25) is 0 Å². The van der Waals surface area contributed by atoms with E-state index in [2.05, 4.69) is 0 Å². The van der Waals surface area contributed by atoms with E-state index < -0.39 is 99.2 Å². The van der Waals surface area contributed by atoms with Gasteiger partial charge >= 0.3 is 0 Å². The highest BCUT2D eigenvalue weighted by Crippen LogP contribution is 2.29. The average Bonchev–Trinajstić information content (AvgIpc) is 2.77. The fourth-order valence-electron chi connectivity index (χ4n) is 3.66. The zero-order valence-corrected chi connectivity index (χ0v) is 16.7. The van der Waals surface area contributed by atoms with Crippen molar-refractivity contribution in [2.75, 3.05) is 19.8 Å². The van der Waals surface area contributed by atoms with Crippen molar-refractivity contribution in [2.24, 2.45) is 0 Å². The molecule has 0 aromatic heterocycles. The van der Waals surface area contributed by atoms with Crippen molar-refractivity contribution in [1.29, 1.82) is 0 Å². The summed E-state index contributed by atoms with van der Waals surface area (Å²) in [4.78, 5) is 0. The molecule has 188 valence electrons. The standard InChI is InChI=1S/C17H30O15/c18-1-5-8(21)11(24)14(15(27)30-5)32-17-13(26)10(23)9(22)6(31-17)3-29-16-12(25)7(20)4(19)2-28-16/h4-27H,1-3H2. The van der Waals surface area contributed by atoms with Gasteiger partial charge < -0.3 is 74.7 Å². The van der Waals surface area contributed by atoms with Crippen LogP contribution in [0.1, 0.15) is 0 Å². The molecule has 0 bridgehead atoms. The first kappa shape index (κ1) is 26.0. The number of aliphatic hydroxyl groups excluding tert-OH is 10. The second-order valence-electron chi connectivity index (χ2n) is 7.93. The smallest absolute Gasteiger partial charge is 0.187 e. The van der Waals surface area contributed by atoms with Crippen molar-refractivity contribution in [3.05, 3.63) is 0 Å². The van der Waals surface area contributed by atoms with Crippen LogP contribution >= 0.6 is 0 Å². The molecule has 0 aliphatic carbocycles. The molecule has 15 nitrogen and oxygen atoms in total. The van der Waals surface area contributed by atoms with E-state index in [1.165, 1.54) is 0 Å². The summed E-state index contributed by atoms with van der Waals surface area (Å²) in [6.45, 7) is -1.56. The summed E-state index contributed by atoms with van der Waals surface area (Å²) >= 11 is 0. The van der Waals surface area contributed by atoms with Crippen molar-refractivity contribution in [3.8, 4) is 0 Å². The number of ether oxygens (including phenoxy) is 5. The molecule has 15 heteroatoms. The number of rotatable bonds is 6. The van der Waals surface area contributed by atoms with E-state index in [9.17, 15) is 46.0 Å². The lowest BCUT2D eigenvalue weighted by atomic mass is 9.97. The van der Waals surface area contributed by atoms with Crippen LogP contribution in [0.25, 0.3) is 0 Å². The molecule has 3 aliphatic rings. The second-order valence-corrected chi connectivity index (χ2v) is 7.93. The summed E-state index contributed by atoms with van der Waals surface area (Å²) in [5, 5.41) is 98.8. The summed E-state index contributed by atoms with van der Waals surface area (Å²) in [5.74, 6) is 0. The van der Waals surface area contributed by atoms with Crippen LogP contribution in [0, 0.1) is 0 Å². The van der Waals surface area contributed by atoms with E-state index in [4.69, 9.17) is 28.8 Å². The van der Waals surface area contributed by atoms with Crippen molar-refractivity contribution in [3.63, 3.8) is 0 Å². The first-order valence-corrected chi connectivity index (χ1v) is 9.99. The van der Waals surface area contributed by atoms with Crippen molar-refractivity contribution < 1.29 is 74.7 Å². The van der Waals surface area contributed by atoms with Gasteiger partial charge in [0, 0.05) is 0 Å². The summed E-state index contributed by atoms with van der Waals surface area (Å²) < 4.78 is 26.0. The monoisotopic (exact) mass is 474 g/mol. The van der Waals surface area contributed by atoms with Crippen molar-refractivity contribution in [2.45, 2.75) is 86.0 Å². The van der Waals surface area contributed by atoms with Gasteiger partial charge in [0.05, 0.1) is 19.8 Å². The Balaban J connectivity index is 1.62. The summed E-state index contributed by atoms with van der Waals surface area (Å²) in [5.41, 5.74) is 0. The third kappa shape index (κ3) is 5.22. The van der Waals surface area contributed by atoms with Gasteiger partial charge in [-0.15, -0.1) is 0 Å². The van der Waals surface area contributed by atoms with Crippen LogP contribution in [0.4, 0.5) is 0 Å². The zero-order valence-electron chi connectivity index (χ0n) is 16.7. The Hall–Kier alpha value is -0.600. The van der Waals surface area contributed by atoms with Gasteiger partial charge in [0.25, 0.3) is 0 Å². The molecule has 0 radical (unpaired) electrons. The Morgan fingerprint density at radius 2 is 1.28 bits per heavy atom. The van der Waals surface area contributed by atoms with E-state index in [0.717, 1.165) is 0 Å². The Labute approximate surface area is 181 Å². The Kier molecular flexibility index (Phi) is 8.75. The Morgan fingerprint density at radius 1 is 0.656 bits per heavy atom. The number of hydrogen-bond acceptors (Lipinski definition) is 15. The minimum absolute atomic E-state index is 0.335. The van der Waals surface area contributed by atoms with Gasteiger partial charge in [0.2, 0.25) is 0 Å². The predicted molar refractivity (Wildman–Crippen MR) is 95.2 cm³/mol. The summed E-state index contributed by atoms with van der Waals surface area (Å²) in [6, 6.07) is 0. The highest BCUT2D eigenvalue weighted by molar-refractivity contribution is 4.93. The molecule has 14 atom stereocenters. The van der Waals surface area contributed by atoms with Crippen LogP contribution < -0.4 is 0 Å². The van der Waals surface area contributed by atoms with Crippen molar-refractivity contribution in [1.82, 2.24) is 0 Å². The molecule has 3 aliphatic heterocycles. The Bertz CT molecular complexity index is 596. The summed E-state index contributed by atoms with van der Waals surface area (Å²) in [6.07, 6.45) is -22.5. The van der Waals surface area contributed by atoms with E-state index in [-0.39, 0.29) is 6.61 Å². The van der Waals surface area contributed by atoms with Gasteiger partial charge in [-0.25, -0.2) is 0 Å². The first-order chi connectivity index (χ1) is 15.1. The topological polar surface area (TPSA) is 248 Å². The van der Waals surface area contributed by atoms with Gasteiger partial charge in [-0.1, -0.05) is 0 Å². The molecule has 0 saturated carbocycles. The third-order valence-corrected chi connectivity index (χ3v) is 5.68. The molecule has 3 fully saturated rings. The van der Waals surface area contributed by atoms with E-state index >= 15 is 0 Å². The quantitative estimate of drug-likeness (QED) is 0.172. The van der Waals surface area contributed by atoms with Gasteiger partial charge in [-0.3, -0.25) is 0 Å². The summed E-state index contributed by atoms with van der Waals surface area (Å²) in [7, 11) is 0. The molecule has 0 amide bonds. The Morgan fingerprint density at radius 3 is 1.94 bits per heavy atom. The number of hydrogen-bond donors (Lipinski definition) is 10. The molecule has 14 unspecified atom stereocenters. The lowest BCUT2D eigenvalue weighted by Gasteiger charge is -2.45. The van der Waals surface area contributed by atoms with Gasteiger partial charge in [-0.05, 0) is 0 Å². The highest BCUT2D eigenvalue weighted by Gasteiger charge is 2.50. The zero-order chi connectivity index (χ0) is 23.7.